The summed E-state index contributed by atoms with van der Waals surface area (Å²) >= 11 is 0. The van der Waals surface area contributed by atoms with E-state index in [1.54, 1.807) is 4.90 Å². The molecular weight excluding hydrogens is 236 g/mol. The molecule has 0 spiro atoms. The van der Waals surface area contributed by atoms with E-state index >= 15 is 0 Å². The Labute approximate surface area is 112 Å². The maximum absolute atomic E-state index is 11.9. The van der Waals surface area contributed by atoms with Crippen molar-refractivity contribution in [1.82, 2.24) is 0 Å². The zero-order valence-corrected chi connectivity index (χ0v) is 10.8. The molecule has 1 aromatic carbocycles. The first-order chi connectivity index (χ1) is 9.16. The first-order valence-electron chi connectivity index (χ1n) is 6.45. The van der Waals surface area contributed by atoms with Crippen LogP contribution in [-0.2, 0) is 0 Å². The SMILES string of the molecule is CC1C=CC2=C(C=Cc3ccccc3N2C(N)=O)C1. The number of primary amides is 1. The molecule has 0 saturated carbocycles. The van der Waals surface area contributed by atoms with Crippen LogP contribution in [0.4, 0.5) is 10.5 Å². The van der Waals surface area contributed by atoms with E-state index in [-0.39, 0.29) is 0 Å². The lowest BCUT2D eigenvalue weighted by Crippen LogP contribution is -2.36. The van der Waals surface area contributed by atoms with Crippen LogP contribution in [0.2, 0.25) is 0 Å². The molecule has 1 heterocycles. The minimum atomic E-state index is -0.442. The standard InChI is InChI=1S/C16H16N2O/c1-11-6-9-15-13(10-11)8-7-12-4-2-3-5-14(12)18(15)16(17)19/h2-9,11H,10H2,1H3,(H2,17,19). The summed E-state index contributed by atoms with van der Waals surface area (Å²) < 4.78 is 0. The number of para-hydroxylation sites is 1. The van der Waals surface area contributed by atoms with E-state index in [1.807, 2.05) is 30.3 Å². The highest BCUT2D eigenvalue weighted by Crippen LogP contribution is 2.35. The third-order valence-corrected chi connectivity index (χ3v) is 3.56. The molecule has 0 aromatic heterocycles. The molecule has 2 amide bonds. The fourth-order valence-electron chi connectivity index (χ4n) is 2.64. The molecule has 3 rings (SSSR count). The molecule has 96 valence electrons. The number of hydrogen-bond donors (Lipinski definition) is 1. The van der Waals surface area contributed by atoms with Crippen molar-refractivity contribution in [3.05, 3.63) is 59.3 Å². The maximum atomic E-state index is 11.9. The van der Waals surface area contributed by atoms with Gasteiger partial charge >= 0.3 is 6.03 Å². The van der Waals surface area contributed by atoms with Crippen molar-refractivity contribution in [3.8, 4) is 0 Å². The van der Waals surface area contributed by atoms with E-state index in [1.165, 1.54) is 0 Å². The molecule has 1 aromatic rings. The van der Waals surface area contributed by atoms with Crippen molar-refractivity contribution in [1.29, 1.82) is 0 Å². The topological polar surface area (TPSA) is 46.3 Å². The lowest BCUT2D eigenvalue weighted by Gasteiger charge is -2.26. The Hall–Kier alpha value is -2.29. The van der Waals surface area contributed by atoms with Gasteiger partial charge in [0.1, 0.15) is 0 Å². The molecule has 1 unspecified atom stereocenters. The fraction of sp³-hybridized carbons (Fsp3) is 0.188. The third kappa shape index (κ3) is 1.97. The lowest BCUT2D eigenvalue weighted by atomic mass is 9.93. The number of carbonyl (C=O) groups excluding carboxylic acids is 1. The van der Waals surface area contributed by atoms with Crippen LogP contribution >= 0.6 is 0 Å². The van der Waals surface area contributed by atoms with E-state index in [2.05, 4.69) is 25.2 Å². The molecule has 3 heteroatoms. The second-order valence-corrected chi connectivity index (χ2v) is 5.02. The Morgan fingerprint density at radius 2 is 2.05 bits per heavy atom. The van der Waals surface area contributed by atoms with Gasteiger partial charge < -0.3 is 5.73 Å². The number of allylic oxidation sites excluding steroid dienone is 4. The Balaban J connectivity index is 2.20. The van der Waals surface area contributed by atoms with Gasteiger partial charge in [0.2, 0.25) is 0 Å². The molecule has 1 atom stereocenters. The zero-order valence-electron chi connectivity index (χ0n) is 10.8. The van der Waals surface area contributed by atoms with Crippen molar-refractivity contribution < 1.29 is 4.79 Å². The number of nitrogens with two attached hydrogens (primary N) is 1. The van der Waals surface area contributed by atoms with Crippen molar-refractivity contribution in [2.24, 2.45) is 11.7 Å². The summed E-state index contributed by atoms with van der Waals surface area (Å²) in [5.41, 5.74) is 9.49. The van der Waals surface area contributed by atoms with Crippen LogP contribution in [0, 0.1) is 5.92 Å². The number of amides is 2. The molecule has 2 N–H and O–H groups in total. The minimum Gasteiger partial charge on any atom is -0.351 e. The zero-order chi connectivity index (χ0) is 13.4. The van der Waals surface area contributed by atoms with E-state index in [9.17, 15) is 4.79 Å². The predicted octanol–water partition coefficient (Wildman–Crippen LogP) is 3.45. The summed E-state index contributed by atoms with van der Waals surface area (Å²) in [5.74, 6) is 0.485. The van der Waals surface area contributed by atoms with Crippen molar-refractivity contribution in [2.75, 3.05) is 4.90 Å². The minimum absolute atomic E-state index is 0.442. The summed E-state index contributed by atoms with van der Waals surface area (Å²) in [6.45, 7) is 2.17. The molecule has 0 fully saturated rings. The molecule has 19 heavy (non-hydrogen) atoms. The van der Waals surface area contributed by atoms with Crippen molar-refractivity contribution >= 4 is 17.8 Å². The van der Waals surface area contributed by atoms with Gasteiger partial charge in [-0.15, -0.1) is 0 Å². The fourth-order valence-corrected chi connectivity index (χ4v) is 2.64. The number of rotatable bonds is 0. The normalized spacial score (nSPS) is 20.9. The van der Waals surface area contributed by atoms with Crippen LogP contribution in [0.5, 0.6) is 0 Å². The van der Waals surface area contributed by atoms with Crippen LogP contribution in [0.15, 0.2) is 53.8 Å². The number of nitrogens with zero attached hydrogens (tertiary/aromatic N) is 1. The van der Waals surface area contributed by atoms with Crippen LogP contribution in [0.25, 0.3) is 6.08 Å². The van der Waals surface area contributed by atoms with Gasteiger partial charge in [-0.25, -0.2) is 4.79 Å². The molecular formula is C16H16N2O. The van der Waals surface area contributed by atoms with Gasteiger partial charge in [-0.1, -0.05) is 43.4 Å². The van der Waals surface area contributed by atoms with Gasteiger partial charge in [-0.05, 0) is 35.6 Å². The molecule has 1 aliphatic heterocycles. The molecule has 0 radical (unpaired) electrons. The highest BCUT2D eigenvalue weighted by atomic mass is 16.2. The van der Waals surface area contributed by atoms with Crippen LogP contribution in [0.3, 0.4) is 0 Å². The Bertz CT molecular complexity index is 625. The largest absolute Gasteiger partial charge is 0.351 e. The van der Waals surface area contributed by atoms with Gasteiger partial charge in [0.05, 0.1) is 11.4 Å². The number of urea groups is 1. The molecule has 1 aliphatic carbocycles. The smallest absolute Gasteiger partial charge is 0.323 e. The highest BCUT2D eigenvalue weighted by Gasteiger charge is 2.25. The molecule has 0 bridgehead atoms. The second kappa shape index (κ2) is 4.43. The Kier molecular flexibility index (Phi) is 2.75. The second-order valence-electron chi connectivity index (χ2n) is 5.02. The van der Waals surface area contributed by atoms with Gasteiger partial charge in [0.15, 0.2) is 0 Å². The van der Waals surface area contributed by atoms with Gasteiger partial charge in [0.25, 0.3) is 0 Å². The average Bonchev–Trinajstić information content (AvgIpc) is 2.55. The monoisotopic (exact) mass is 252 g/mol. The average molecular weight is 252 g/mol. The first kappa shape index (κ1) is 11.8. The number of hydrogen-bond acceptors (Lipinski definition) is 1. The summed E-state index contributed by atoms with van der Waals surface area (Å²) in [4.78, 5) is 13.5. The third-order valence-electron chi connectivity index (χ3n) is 3.56. The highest BCUT2D eigenvalue weighted by molar-refractivity contribution is 5.98. The Morgan fingerprint density at radius 1 is 1.26 bits per heavy atom. The first-order valence-corrected chi connectivity index (χ1v) is 6.45. The molecule has 2 aliphatic rings. The van der Waals surface area contributed by atoms with Gasteiger partial charge in [-0.2, -0.15) is 0 Å². The maximum Gasteiger partial charge on any atom is 0.323 e. The van der Waals surface area contributed by atoms with Crippen molar-refractivity contribution in [3.63, 3.8) is 0 Å². The van der Waals surface area contributed by atoms with Crippen LogP contribution < -0.4 is 10.6 Å². The van der Waals surface area contributed by atoms with Crippen LogP contribution in [-0.4, -0.2) is 6.03 Å². The van der Waals surface area contributed by atoms with E-state index in [0.717, 1.165) is 28.9 Å². The molecule has 3 nitrogen and oxygen atoms in total. The number of benzene rings is 1. The Morgan fingerprint density at radius 3 is 2.84 bits per heavy atom. The number of anilines is 1. The molecule has 0 saturated heterocycles. The van der Waals surface area contributed by atoms with E-state index in [0.29, 0.717) is 5.92 Å². The summed E-state index contributed by atoms with van der Waals surface area (Å²) in [5, 5.41) is 0. The van der Waals surface area contributed by atoms with E-state index < -0.39 is 6.03 Å². The van der Waals surface area contributed by atoms with Gasteiger partial charge in [0, 0.05) is 0 Å². The lowest BCUT2D eigenvalue weighted by molar-refractivity contribution is 0.255. The quantitative estimate of drug-likeness (QED) is 0.755. The number of fused-ring (bicyclic) bond motifs is 1. The van der Waals surface area contributed by atoms with E-state index in [4.69, 9.17) is 5.73 Å². The van der Waals surface area contributed by atoms with Gasteiger partial charge in [-0.3, -0.25) is 4.90 Å². The summed E-state index contributed by atoms with van der Waals surface area (Å²) in [7, 11) is 0. The summed E-state index contributed by atoms with van der Waals surface area (Å²) in [6.07, 6.45) is 9.20. The predicted molar refractivity (Wildman–Crippen MR) is 77.5 cm³/mol. The number of carbonyl (C=O) groups is 1. The summed E-state index contributed by atoms with van der Waals surface area (Å²) in [6, 6.07) is 7.36. The van der Waals surface area contributed by atoms with Crippen LogP contribution in [0.1, 0.15) is 18.9 Å². The van der Waals surface area contributed by atoms with Crippen molar-refractivity contribution in [2.45, 2.75) is 13.3 Å².